The van der Waals surface area contributed by atoms with Crippen LogP contribution >= 0.6 is 0 Å². The van der Waals surface area contributed by atoms with Gasteiger partial charge in [0.15, 0.2) is 0 Å². The highest BCUT2D eigenvalue weighted by Gasteiger charge is 2.53. The van der Waals surface area contributed by atoms with E-state index in [0.717, 1.165) is 18.4 Å². The van der Waals surface area contributed by atoms with Crippen molar-refractivity contribution in [3.63, 3.8) is 0 Å². The lowest BCUT2D eigenvalue weighted by Gasteiger charge is -2.42. The SMILES string of the molecule is C.C/C(=C\[C@@H](C)C(=O)CC(OC(=O)[C@@H]1CCCCN1C(=O)C(=O)[C@]1(O)O[C@H](C[C@H](C)/C(C)=C/C=O)CC[C@H]1C)[C@H](C)C[C@@H]1CC[C@@H](O)[C@H](C)C1)[C@@H](O)C(C)C(=O)[C@H](C)C[C@H](C)/C=C/C=O. The van der Waals surface area contributed by atoms with Crippen molar-refractivity contribution in [2.75, 3.05) is 6.54 Å². The fourth-order valence-corrected chi connectivity index (χ4v) is 9.99. The first-order chi connectivity index (χ1) is 30.0. The molecule has 3 fully saturated rings. The van der Waals surface area contributed by atoms with E-state index in [1.54, 1.807) is 46.8 Å². The van der Waals surface area contributed by atoms with E-state index in [9.17, 15) is 48.9 Å². The number of hydrogen-bond donors (Lipinski definition) is 3. The minimum Gasteiger partial charge on any atom is -0.460 e. The zero-order valence-corrected chi connectivity index (χ0v) is 40.2. The Morgan fingerprint density at radius 2 is 1.55 bits per heavy atom. The van der Waals surface area contributed by atoms with Gasteiger partial charge in [0, 0.05) is 36.6 Å². The lowest BCUT2D eigenvalue weighted by molar-refractivity contribution is -0.264. The van der Waals surface area contributed by atoms with Crippen LogP contribution in [-0.2, 0) is 43.0 Å². The van der Waals surface area contributed by atoms with Gasteiger partial charge in [0.05, 0.1) is 18.3 Å². The minimum absolute atomic E-state index is 0. The molecule has 3 rings (SSSR count). The van der Waals surface area contributed by atoms with E-state index in [1.165, 1.54) is 17.1 Å². The largest absolute Gasteiger partial charge is 0.460 e. The molecular weight excluding hydrogens is 831 g/mol. The van der Waals surface area contributed by atoms with E-state index in [-0.39, 0.29) is 80.0 Å². The van der Waals surface area contributed by atoms with Crippen molar-refractivity contribution in [1.29, 1.82) is 0 Å². The number of carbonyl (C=O) groups is 7. The molecule has 2 heterocycles. The molecule has 65 heavy (non-hydrogen) atoms. The number of aldehydes is 2. The topological polar surface area (TPSA) is 202 Å². The van der Waals surface area contributed by atoms with Crippen molar-refractivity contribution in [2.24, 2.45) is 53.3 Å². The summed E-state index contributed by atoms with van der Waals surface area (Å²) in [5, 5.41) is 33.4. The van der Waals surface area contributed by atoms with Gasteiger partial charge in [-0.3, -0.25) is 28.8 Å². The number of piperidine rings is 1. The molecule has 13 nitrogen and oxygen atoms in total. The van der Waals surface area contributed by atoms with E-state index in [2.05, 4.69) is 0 Å². The monoisotopic (exact) mass is 914 g/mol. The van der Waals surface area contributed by atoms with E-state index < -0.39 is 65.6 Å². The zero-order chi connectivity index (χ0) is 48.1. The van der Waals surface area contributed by atoms with E-state index in [4.69, 9.17) is 9.47 Å². The molecule has 368 valence electrons. The molecule has 1 amide bonds. The van der Waals surface area contributed by atoms with Crippen LogP contribution in [0.25, 0.3) is 0 Å². The van der Waals surface area contributed by atoms with Crippen LogP contribution in [0.15, 0.2) is 35.5 Å². The molecule has 2 aliphatic heterocycles. The van der Waals surface area contributed by atoms with Gasteiger partial charge in [-0.1, -0.05) is 80.5 Å². The Hall–Kier alpha value is -3.65. The number of carbonyl (C=O) groups excluding carboxylic acids is 7. The third kappa shape index (κ3) is 16.0. The average Bonchev–Trinajstić information content (AvgIpc) is 3.26. The highest BCUT2D eigenvalue weighted by atomic mass is 16.6. The van der Waals surface area contributed by atoms with Crippen LogP contribution in [0.2, 0.25) is 0 Å². The Morgan fingerprint density at radius 1 is 0.877 bits per heavy atom. The Balaban J connectivity index is 0.0000145. The van der Waals surface area contributed by atoms with Crippen molar-refractivity contribution in [3.8, 4) is 0 Å². The lowest BCUT2D eigenvalue weighted by atomic mass is 9.75. The van der Waals surface area contributed by atoms with E-state index in [1.807, 2.05) is 34.6 Å². The van der Waals surface area contributed by atoms with E-state index >= 15 is 0 Å². The van der Waals surface area contributed by atoms with Crippen LogP contribution in [0.5, 0.6) is 0 Å². The molecule has 1 saturated carbocycles. The molecule has 3 aliphatic rings. The fraction of sp³-hybridized carbons (Fsp3) is 0.750. The Morgan fingerprint density at radius 3 is 2.18 bits per heavy atom. The van der Waals surface area contributed by atoms with Crippen LogP contribution in [0, 0.1) is 53.3 Å². The van der Waals surface area contributed by atoms with Crippen LogP contribution < -0.4 is 0 Å². The molecule has 3 N–H and O–H groups in total. The molecule has 13 heteroatoms. The molecule has 0 aromatic heterocycles. The number of allylic oxidation sites excluding steroid dienone is 5. The first-order valence-corrected chi connectivity index (χ1v) is 23.9. The molecule has 0 spiro atoms. The Labute approximate surface area is 389 Å². The summed E-state index contributed by atoms with van der Waals surface area (Å²) in [5.41, 5.74) is 1.29. The van der Waals surface area contributed by atoms with Gasteiger partial charge in [0.25, 0.3) is 11.7 Å². The van der Waals surface area contributed by atoms with Crippen LogP contribution in [0.1, 0.15) is 154 Å². The number of ether oxygens (including phenoxy) is 2. The summed E-state index contributed by atoms with van der Waals surface area (Å²) in [6.45, 7) is 18.2. The number of Topliss-reactive ketones (excluding diaryl/α,β-unsaturated/α-hetero) is 3. The normalized spacial score (nSPS) is 29.2. The molecule has 1 aliphatic carbocycles. The van der Waals surface area contributed by atoms with Gasteiger partial charge in [-0.05, 0) is 132 Å². The van der Waals surface area contributed by atoms with Crippen molar-refractivity contribution in [3.05, 3.63) is 35.5 Å². The molecule has 2 unspecified atom stereocenters. The number of amides is 1. The van der Waals surface area contributed by atoms with Gasteiger partial charge >= 0.3 is 5.97 Å². The minimum atomic E-state index is -2.41. The Kier molecular flexibility index (Phi) is 23.5. The van der Waals surface area contributed by atoms with Gasteiger partial charge < -0.3 is 29.7 Å². The van der Waals surface area contributed by atoms with Crippen LogP contribution in [-0.4, -0.2) is 105 Å². The summed E-state index contributed by atoms with van der Waals surface area (Å²) in [6.07, 6.45) is 10.7. The summed E-state index contributed by atoms with van der Waals surface area (Å²) in [7, 11) is 0. The first kappa shape index (κ1) is 57.5. The van der Waals surface area contributed by atoms with E-state index in [0.29, 0.717) is 69.5 Å². The second-order valence-corrected chi connectivity index (χ2v) is 20.0. The number of rotatable bonds is 23. The van der Waals surface area contributed by atoms with Gasteiger partial charge in [-0.2, -0.15) is 0 Å². The summed E-state index contributed by atoms with van der Waals surface area (Å²) in [4.78, 5) is 92.7. The summed E-state index contributed by atoms with van der Waals surface area (Å²) in [5.74, 6) is -8.25. The summed E-state index contributed by atoms with van der Waals surface area (Å²) in [6, 6.07) is -1.13. The van der Waals surface area contributed by atoms with Gasteiger partial charge in [-0.25, -0.2) is 4.79 Å². The van der Waals surface area contributed by atoms with Crippen molar-refractivity contribution < 1.29 is 58.4 Å². The molecule has 0 aromatic carbocycles. The van der Waals surface area contributed by atoms with Crippen molar-refractivity contribution >= 4 is 41.8 Å². The smallest absolute Gasteiger partial charge is 0.329 e. The predicted molar refractivity (Wildman–Crippen MR) is 250 cm³/mol. The predicted octanol–water partition coefficient (Wildman–Crippen LogP) is 7.51. The van der Waals surface area contributed by atoms with Gasteiger partial charge in [0.2, 0.25) is 5.79 Å². The maximum Gasteiger partial charge on any atom is 0.329 e. The highest BCUT2D eigenvalue weighted by molar-refractivity contribution is 6.39. The zero-order valence-electron chi connectivity index (χ0n) is 40.2. The van der Waals surface area contributed by atoms with Crippen molar-refractivity contribution in [1.82, 2.24) is 4.90 Å². The quantitative estimate of drug-likeness (QED) is 0.0300. The number of likely N-dealkylation sites (tertiary alicyclic amines) is 1. The van der Waals surface area contributed by atoms with Crippen molar-refractivity contribution in [2.45, 2.75) is 190 Å². The molecule has 0 bridgehead atoms. The lowest BCUT2D eigenvalue weighted by Crippen LogP contribution is -2.60. The molecule has 0 aromatic rings. The van der Waals surface area contributed by atoms with Crippen LogP contribution in [0.3, 0.4) is 0 Å². The standard InChI is InChI=1S/C51H79NO12.CH4/c1-30(14-13-22-53)24-36(7)46(57)39(10)47(58)37(8)25-33(4)44(56)29-45(35(6)27-40-17-19-43(55)34(5)26-40)63-50(61)42-15-11-12-21-52(42)49(60)48(59)51(62)38(9)16-18-41(64-51)28-32(3)31(2)20-23-54;/h13-14,20,22-23,25,30,32-36,38-43,45,47,55,58,62H,11-12,15-19,21,24,26-29H2,1-10H3;1H4/b14-13+,31-20+,37-25+;/t30-,32+,33-,34-,35-,36-,38-,39?,40-,41+,42+,43-,45?,47-,51-;/m1./s1. The third-order valence-corrected chi connectivity index (χ3v) is 14.6. The fourth-order valence-electron chi connectivity index (χ4n) is 9.99. The molecular formula is C52H83NO12. The summed E-state index contributed by atoms with van der Waals surface area (Å²) >= 11 is 0. The number of nitrogens with zero attached hydrogens (tertiary/aromatic N) is 1. The number of esters is 1. The van der Waals surface area contributed by atoms with Crippen LogP contribution in [0.4, 0.5) is 0 Å². The highest BCUT2D eigenvalue weighted by Crippen LogP contribution is 2.38. The number of aliphatic hydroxyl groups is 3. The molecule has 15 atom stereocenters. The maximum atomic E-state index is 14.3. The Bertz CT molecular complexity index is 1720. The number of ketones is 3. The summed E-state index contributed by atoms with van der Waals surface area (Å²) < 4.78 is 12.3. The second kappa shape index (κ2) is 26.6. The first-order valence-electron chi connectivity index (χ1n) is 23.9. The van der Waals surface area contributed by atoms with Gasteiger partial charge in [-0.15, -0.1) is 0 Å². The molecule has 0 radical (unpaired) electrons. The maximum absolute atomic E-state index is 14.3. The average molecular weight is 914 g/mol. The molecule has 2 saturated heterocycles. The number of aliphatic hydroxyl groups excluding tert-OH is 2. The number of hydrogen-bond acceptors (Lipinski definition) is 12. The third-order valence-electron chi connectivity index (χ3n) is 14.6. The van der Waals surface area contributed by atoms with Gasteiger partial charge in [0.1, 0.15) is 36.3 Å². The second-order valence-electron chi connectivity index (χ2n) is 20.0.